The number of alkyl halides is 3. The second kappa shape index (κ2) is 6.52. The lowest BCUT2D eigenvalue weighted by Gasteiger charge is -2.16. The monoisotopic (exact) mass is 305 g/mol. The number of carbonyl (C=O) groups is 1. The van der Waals surface area contributed by atoms with Crippen LogP contribution in [0.1, 0.15) is 18.1 Å². The van der Waals surface area contributed by atoms with E-state index in [0.717, 1.165) is 0 Å². The molecule has 20 heavy (non-hydrogen) atoms. The van der Waals surface area contributed by atoms with Crippen molar-refractivity contribution in [2.24, 2.45) is 0 Å². The molecule has 8 heteroatoms. The van der Waals surface area contributed by atoms with E-state index in [1.54, 1.807) is 13.0 Å². The first-order chi connectivity index (χ1) is 9.28. The molecule has 0 fully saturated rings. The molecule has 1 aromatic rings. The Balaban J connectivity index is 3.26. The van der Waals surface area contributed by atoms with Gasteiger partial charge in [0, 0.05) is 10.5 Å². The molecule has 1 aromatic carbocycles. The van der Waals surface area contributed by atoms with E-state index in [0.29, 0.717) is 0 Å². The van der Waals surface area contributed by atoms with Gasteiger partial charge < -0.3 is 9.47 Å². The van der Waals surface area contributed by atoms with Crippen LogP contribution in [0.3, 0.4) is 0 Å². The Morgan fingerprint density at radius 3 is 2.60 bits per heavy atom. The SMILES string of the molecule is CCOC(=O)Cc1c(C#N)ccc(S)c1OC(F)(F)F. The molecule has 0 aliphatic heterocycles. The van der Waals surface area contributed by atoms with Crippen molar-refractivity contribution in [1.29, 1.82) is 5.26 Å². The number of halogens is 3. The number of ether oxygens (including phenoxy) is 2. The van der Waals surface area contributed by atoms with Crippen molar-refractivity contribution in [2.45, 2.75) is 24.6 Å². The molecular weight excluding hydrogens is 295 g/mol. The average molecular weight is 305 g/mol. The Bertz CT molecular complexity index is 552. The van der Waals surface area contributed by atoms with Crippen LogP contribution >= 0.6 is 12.6 Å². The van der Waals surface area contributed by atoms with Crippen LogP contribution in [0.15, 0.2) is 17.0 Å². The zero-order valence-corrected chi connectivity index (χ0v) is 11.2. The Morgan fingerprint density at radius 1 is 1.45 bits per heavy atom. The molecule has 108 valence electrons. The fourth-order valence-corrected chi connectivity index (χ4v) is 1.74. The first kappa shape index (κ1) is 16.2. The van der Waals surface area contributed by atoms with Crippen molar-refractivity contribution in [2.75, 3.05) is 6.61 Å². The zero-order chi connectivity index (χ0) is 15.3. The van der Waals surface area contributed by atoms with Gasteiger partial charge in [0.25, 0.3) is 0 Å². The number of thiol groups is 1. The minimum atomic E-state index is -4.95. The third-order valence-corrected chi connectivity index (χ3v) is 2.56. The van der Waals surface area contributed by atoms with Crippen molar-refractivity contribution < 1.29 is 27.4 Å². The normalized spacial score (nSPS) is 10.8. The quantitative estimate of drug-likeness (QED) is 0.686. The van der Waals surface area contributed by atoms with Gasteiger partial charge in [-0.3, -0.25) is 4.79 Å². The molecule has 0 heterocycles. The van der Waals surface area contributed by atoms with E-state index in [2.05, 4.69) is 22.1 Å². The van der Waals surface area contributed by atoms with Crippen LogP contribution in [0.25, 0.3) is 0 Å². The van der Waals surface area contributed by atoms with Crippen molar-refractivity contribution in [3.63, 3.8) is 0 Å². The number of nitriles is 1. The maximum absolute atomic E-state index is 12.4. The van der Waals surface area contributed by atoms with Gasteiger partial charge in [0.15, 0.2) is 0 Å². The highest BCUT2D eigenvalue weighted by molar-refractivity contribution is 7.80. The standard InChI is InChI=1S/C12H10F3NO3S/c1-2-18-10(17)5-8-7(6-16)3-4-9(20)11(8)19-12(13,14)15/h3-4,20H,2,5H2,1H3. The minimum absolute atomic E-state index is 0.0801. The van der Waals surface area contributed by atoms with Gasteiger partial charge >= 0.3 is 12.3 Å². The van der Waals surface area contributed by atoms with Crippen LogP contribution in [0.5, 0.6) is 5.75 Å². The summed E-state index contributed by atoms with van der Waals surface area (Å²) in [5.41, 5.74) is -0.300. The highest BCUT2D eigenvalue weighted by Crippen LogP contribution is 2.34. The highest BCUT2D eigenvalue weighted by atomic mass is 32.1. The fourth-order valence-electron chi connectivity index (χ4n) is 1.48. The topological polar surface area (TPSA) is 59.3 Å². The number of benzene rings is 1. The second-order valence-electron chi connectivity index (χ2n) is 3.58. The van der Waals surface area contributed by atoms with Gasteiger partial charge in [-0.05, 0) is 19.1 Å². The van der Waals surface area contributed by atoms with Crippen molar-refractivity contribution in [3.8, 4) is 11.8 Å². The maximum Gasteiger partial charge on any atom is 0.573 e. The number of hydrogen-bond donors (Lipinski definition) is 1. The third-order valence-electron chi connectivity index (χ3n) is 2.20. The summed E-state index contributed by atoms with van der Waals surface area (Å²) in [5.74, 6) is -1.41. The first-order valence-electron chi connectivity index (χ1n) is 5.44. The molecule has 4 nitrogen and oxygen atoms in total. The summed E-state index contributed by atoms with van der Waals surface area (Å²) in [5, 5.41) is 8.91. The molecule has 0 bridgehead atoms. The Kier molecular flexibility index (Phi) is 5.27. The smallest absolute Gasteiger partial charge is 0.466 e. The summed E-state index contributed by atoms with van der Waals surface area (Å²) in [4.78, 5) is 11.3. The summed E-state index contributed by atoms with van der Waals surface area (Å²) in [6.07, 6.45) is -5.45. The number of carbonyl (C=O) groups excluding carboxylic acids is 1. The van der Waals surface area contributed by atoms with Crippen molar-refractivity contribution >= 4 is 18.6 Å². The molecule has 0 saturated heterocycles. The van der Waals surface area contributed by atoms with Crippen LogP contribution < -0.4 is 4.74 Å². The maximum atomic E-state index is 12.4. The summed E-state index contributed by atoms with van der Waals surface area (Å²) >= 11 is 3.85. The second-order valence-corrected chi connectivity index (χ2v) is 4.06. The Labute approximate surface area is 118 Å². The number of nitrogens with zero attached hydrogens (tertiary/aromatic N) is 1. The summed E-state index contributed by atoms with van der Waals surface area (Å²) in [7, 11) is 0. The average Bonchev–Trinajstić information content (AvgIpc) is 2.33. The molecule has 0 N–H and O–H groups in total. The van der Waals surface area contributed by atoms with Crippen LogP contribution in [0.2, 0.25) is 0 Å². The number of hydrogen-bond acceptors (Lipinski definition) is 5. The molecule has 0 radical (unpaired) electrons. The molecule has 0 amide bonds. The molecule has 0 aromatic heterocycles. The lowest BCUT2D eigenvalue weighted by atomic mass is 10.0. The minimum Gasteiger partial charge on any atom is -0.466 e. The summed E-state index contributed by atoms with van der Waals surface area (Å²) < 4.78 is 45.6. The number of esters is 1. The van der Waals surface area contributed by atoms with E-state index in [4.69, 9.17) is 5.26 Å². The molecule has 0 aliphatic rings. The Morgan fingerprint density at radius 2 is 2.10 bits per heavy atom. The molecule has 0 aliphatic carbocycles. The van der Waals surface area contributed by atoms with Crippen LogP contribution in [-0.2, 0) is 16.0 Å². The van der Waals surface area contributed by atoms with E-state index in [1.165, 1.54) is 12.1 Å². The molecule has 0 saturated carbocycles. The molecule has 0 unspecified atom stereocenters. The molecule has 0 spiro atoms. The van der Waals surface area contributed by atoms with E-state index < -0.39 is 24.5 Å². The molecule has 0 atom stereocenters. The van der Waals surface area contributed by atoms with Crippen LogP contribution in [-0.4, -0.2) is 18.9 Å². The van der Waals surface area contributed by atoms with Crippen molar-refractivity contribution in [3.05, 3.63) is 23.3 Å². The molecule has 1 rings (SSSR count). The van der Waals surface area contributed by atoms with E-state index in [9.17, 15) is 18.0 Å². The predicted octanol–water partition coefficient (Wildman–Crippen LogP) is 2.85. The van der Waals surface area contributed by atoms with Gasteiger partial charge in [-0.2, -0.15) is 5.26 Å². The zero-order valence-electron chi connectivity index (χ0n) is 10.3. The first-order valence-corrected chi connectivity index (χ1v) is 5.89. The summed E-state index contributed by atoms with van der Waals surface area (Å²) in [6.45, 7) is 1.64. The Hall–Kier alpha value is -1.88. The van der Waals surface area contributed by atoms with E-state index in [1.807, 2.05) is 0 Å². The lowest BCUT2D eigenvalue weighted by Crippen LogP contribution is -2.20. The van der Waals surface area contributed by atoms with Gasteiger partial charge in [0.05, 0.1) is 24.7 Å². The van der Waals surface area contributed by atoms with Gasteiger partial charge in [-0.1, -0.05) is 0 Å². The largest absolute Gasteiger partial charge is 0.573 e. The van der Waals surface area contributed by atoms with Crippen LogP contribution in [0.4, 0.5) is 13.2 Å². The number of rotatable bonds is 4. The lowest BCUT2D eigenvalue weighted by molar-refractivity contribution is -0.275. The van der Waals surface area contributed by atoms with Gasteiger partial charge in [-0.25, -0.2) is 0 Å². The van der Waals surface area contributed by atoms with E-state index in [-0.39, 0.29) is 22.6 Å². The third kappa shape index (κ3) is 4.35. The molecular formula is C12H10F3NO3S. The van der Waals surface area contributed by atoms with Gasteiger partial charge in [0.2, 0.25) is 0 Å². The predicted molar refractivity (Wildman–Crippen MR) is 65.4 cm³/mol. The van der Waals surface area contributed by atoms with Crippen molar-refractivity contribution in [1.82, 2.24) is 0 Å². The summed E-state index contributed by atoms with van der Waals surface area (Å²) in [6, 6.07) is 4.16. The van der Waals surface area contributed by atoms with Gasteiger partial charge in [0.1, 0.15) is 5.75 Å². The highest BCUT2D eigenvalue weighted by Gasteiger charge is 2.34. The van der Waals surface area contributed by atoms with E-state index >= 15 is 0 Å². The fraction of sp³-hybridized carbons (Fsp3) is 0.333. The van der Waals surface area contributed by atoms with Gasteiger partial charge in [-0.15, -0.1) is 25.8 Å². The van der Waals surface area contributed by atoms with Crippen LogP contribution in [0, 0.1) is 11.3 Å².